The van der Waals surface area contributed by atoms with Gasteiger partial charge >= 0.3 is 0 Å². The zero-order chi connectivity index (χ0) is 19.4. The highest BCUT2D eigenvalue weighted by Crippen LogP contribution is 2.30. The molecule has 6 heteroatoms. The number of rotatable bonds is 5. The second-order valence-electron chi connectivity index (χ2n) is 7.51. The molecule has 1 saturated heterocycles. The molecule has 2 heterocycles. The van der Waals surface area contributed by atoms with Crippen molar-refractivity contribution in [1.82, 2.24) is 15.2 Å². The van der Waals surface area contributed by atoms with E-state index in [1.54, 1.807) is 11.3 Å². The van der Waals surface area contributed by atoms with Gasteiger partial charge in [-0.3, -0.25) is 9.59 Å². The van der Waals surface area contributed by atoms with Crippen molar-refractivity contribution in [3.05, 3.63) is 51.5 Å². The number of aromatic nitrogens is 1. The van der Waals surface area contributed by atoms with Crippen LogP contribution in [0.4, 0.5) is 0 Å². The summed E-state index contributed by atoms with van der Waals surface area (Å²) >= 11 is 1.63. The number of hydrogen-bond acceptors (Lipinski definition) is 4. The van der Waals surface area contributed by atoms with E-state index in [4.69, 9.17) is 4.98 Å². The van der Waals surface area contributed by atoms with Crippen LogP contribution in [0, 0.1) is 12.8 Å². The van der Waals surface area contributed by atoms with Crippen LogP contribution in [0.3, 0.4) is 0 Å². The number of amides is 2. The third-order valence-corrected chi connectivity index (χ3v) is 5.95. The number of benzene rings is 1. The van der Waals surface area contributed by atoms with E-state index in [-0.39, 0.29) is 23.7 Å². The van der Waals surface area contributed by atoms with Crippen LogP contribution < -0.4 is 5.32 Å². The molecule has 0 spiro atoms. The van der Waals surface area contributed by atoms with Gasteiger partial charge in [0.05, 0.1) is 17.2 Å². The topological polar surface area (TPSA) is 62.3 Å². The summed E-state index contributed by atoms with van der Waals surface area (Å²) in [5.41, 5.74) is 2.80. The van der Waals surface area contributed by atoms with Crippen molar-refractivity contribution < 1.29 is 9.59 Å². The highest BCUT2D eigenvalue weighted by Gasteiger charge is 2.27. The van der Waals surface area contributed by atoms with E-state index in [2.05, 4.69) is 5.32 Å². The minimum Gasteiger partial charge on any atom is -0.350 e. The third-order valence-electron chi connectivity index (χ3n) is 4.89. The molecule has 144 valence electrons. The van der Waals surface area contributed by atoms with E-state index < -0.39 is 0 Å². The van der Waals surface area contributed by atoms with Crippen LogP contribution >= 0.6 is 11.3 Å². The predicted octanol–water partition coefficient (Wildman–Crippen LogP) is 3.74. The third kappa shape index (κ3) is 4.95. The molecule has 1 N–H and O–H groups in total. The Morgan fingerprint density at radius 1 is 1.30 bits per heavy atom. The maximum Gasteiger partial charge on any atom is 0.253 e. The maximum atomic E-state index is 12.8. The Kier molecular flexibility index (Phi) is 6.26. The van der Waals surface area contributed by atoms with Crippen molar-refractivity contribution in [2.75, 3.05) is 13.1 Å². The Labute approximate surface area is 164 Å². The number of nitrogens with zero attached hydrogens (tertiary/aromatic N) is 2. The number of nitrogens with one attached hydrogen (secondary N) is 1. The molecule has 0 radical (unpaired) electrons. The molecule has 2 amide bonds. The van der Waals surface area contributed by atoms with E-state index in [0.717, 1.165) is 41.2 Å². The van der Waals surface area contributed by atoms with E-state index >= 15 is 0 Å². The number of hydrogen-bond donors (Lipinski definition) is 1. The van der Waals surface area contributed by atoms with Crippen molar-refractivity contribution in [1.29, 1.82) is 0 Å². The SMILES string of the molecule is Cc1ccc(C(=O)N2CCC[C@H](c3nc(CNC(=O)C(C)C)cs3)C2)cc1. The van der Waals surface area contributed by atoms with Gasteiger partial charge in [0.2, 0.25) is 5.91 Å². The fraction of sp³-hybridized carbons (Fsp3) is 0.476. The van der Waals surface area contributed by atoms with Gasteiger partial charge in [-0.1, -0.05) is 31.5 Å². The van der Waals surface area contributed by atoms with Crippen LogP contribution in [0.5, 0.6) is 0 Å². The molecule has 1 aromatic heterocycles. The highest BCUT2D eigenvalue weighted by atomic mass is 32.1. The molecule has 0 saturated carbocycles. The lowest BCUT2D eigenvalue weighted by Gasteiger charge is -2.32. The van der Waals surface area contributed by atoms with Crippen molar-refractivity contribution in [2.45, 2.75) is 46.1 Å². The van der Waals surface area contributed by atoms with E-state index in [1.807, 2.05) is 55.3 Å². The molecular formula is C21H27N3O2S. The minimum atomic E-state index is -0.0252. The number of aryl methyl sites for hydroxylation is 1. The molecule has 5 nitrogen and oxygen atoms in total. The largest absolute Gasteiger partial charge is 0.350 e. The zero-order valence-corrected chi connectivity index (χ0v) is 17.0. The first-order chi connectivity index (χ1) is 12.9. The smallest absolute Gasteiger partial charge is 0.253 e. The van der Waals surface area contributed by atoms with Gasteiger partial charge in [0, 0.05) is 35.9 Å². The van der Waals surface area contributed by atoms with Gasteiger partial charge in [-0.15, -0.1) is 11.3 Å². The molecule has 1 fully saturated rings. The lowest BCUT2D eigenvalue weighted by Crippen LogP contribution is -2.39. The van der Waals surface area contributed by atoms with Crippen LogP contribution in [0.15, 0.2) is 29.6 Å². The average molecular weight is 386 g/mol. The lowest BCUT2D eigenvalue weighted by molar-refractivity contribution is -0.124. The second-order valence-corrected chi connectivity index (χ2v) is 8.40. The van der Waals surface area contributed by atoms with Crippen LogP contribution in [0.25, 0.3) is 0 Å². The standard InChI is InChI=1S/C21H27N3O2S/c1-14(2)19(25)22-11-18-13-27-20(23-18)17-5-4-10-24(12-17)21(26)16-8-6-15(3)7-9-16/h6-9,13-14,17H,4-5,10-12H2,1-3H3,(H,22,25)/t17-/m0/s1. The zero-order valence-electron chi connectivity index (χ0n) is 16.2. The summed E-state index contributed by atoms with van der Waals surface area (Å²) < 4.78 is 0. The van der Waals surface area contributed by atoms with E-state index in [0.29, 0.717) is 13.1 Å². The summed E-state index contributed by atoms with van der Waals surface area (Å²) in [6, 6.07) is 7.76. The summed E-state index contributed by atoms with van der Waals surface area (Å²) in [6.07, 6.45) is 2.03. The fourth-order valence-electron chi connectivity index (χ4n) is 3.22. The van der Waals surface area contributed by atoms with Crippen LogP contribution in [-0.2, 0) is 11.3 Å². The van der Waals surface area contributed by atoms with Crippen LogP contribution in [0.2, 0.25) is 0 Å². The second kappa shape index (κ2) is 8.65. The summed E-state index contributed by atoms with van der Waals surface area (Å²) in [6.45, 7) is 7.75. The Morgan fingerprint density at radius 2 is 2.04 bits per heavy atom. The van der Waals surface area contributed by atoms with Gasteiger partial charge in [-0.25, -0.2) is 4.98 Å². The number of thiazole rings is 1. The number of carbonyl (C=O) groups is 2. The van der Waals surface area contributed by atoms with Crippen molar-refractivity contribution >= 4 is 23.2 Å². The molecule has 2 aromatic rings. The monoisotopic (exact) mass is 385 g/mol. The Balaban J connectivity index is 1.62. The number of likely N-dealkylation sites (tertiary alicyclic amines) is 1. The van der Waals surface area contributed by atoms with E-state index in [9.17, 15) is 9.59 Å². The summed E-state index contributed by atoms with van der Waals surface area (Å²) in [7, 11) is 0. The molecular weight excluding hydrogens is 358 g/mol. The Bertz CT molecular complexity index is 798. The molecule has 1 aromatic carbocycles. The predicted molar refractivity (Wildman–Crippen MR) is 108 cm³/mol. The molecule has 1 atom stereocenters. The number of carbonyl (C=O) groups excluding carboxylic acids is 2. The van der Waals surface area contributed by atoms with Gasteiger partial charge < -0.3 is 10.2 Å². The number of piperidine rings is 1. The Morgan fingerprint density at radius 3 is 2.74 bits per heavy atom. The highest BCUT2D eigenvalue weighted by molar-refractivity contribution is 7.09. The van der Waals surface area contributed by atoms with Crippen molar-refractivity contribution in [3.63, 3.8) is 0 Å². The molecule has 0 bridgehead atoms. The lowest BCUT2D eigenvalue weighted by atomic mass is 9.98. The molecule has 1 aliphatic rings. The first-order valence-corrected chi connectivity index (χ1v) is 10.4. The van der Waals surface area contributed by atoms with Gasteiger partial charge in [0.25, 0.3) is 5.91 Å². The minimum absolute atomic E-state index is 0.0252. The van der Waals surface area contributed by atoms with Crippen molar-refractivity contribution in [2.24, 2.45) is 5.92 Å². The Hall–Kier alpha value is -2.21. The molecule has 3 rings (SSSR count). The fourth-order valence-corrected chi connectivity index (χ4v) is 4.16. The van der Waals surface area contributed by atoms with Gasteiger partial charge in [-0.2, -0.15) is 0 Å². The summed E-state index contributed by atoms with van der Waals surface area (Å²) in [5, 5.41) is 5.98. The molecule has 0 aliphatic carbocycles. The van der Waals surface area contributed by atoms with Crippen LogP contribution in [-0.4, -0.2) is 34.8 Å². The van der Waals surface area contributed by atoms with Crippen LogP contribution in [0.1, 0.15) is 59.2 Å². The van der Waals surface area contributed by atoms with Crippen molar-refractivity contribution in [3.8, 4) is 0 Å². The quantitative estimate of drug-likeness (QED) is 0.853. The normalized spacial score (nSPS) is 17.2. The van der Waals surface area contributed by atoms with Gasteiger partial charge in [0.15, 0.2) is 0 Å². The van der Waals surface area contributed by atoms with E-state index in [1.165, 1.54) is 0 Å². The molecule has 1 aliphatic heterocycles. The summed E-state index contributed by atoms with van der Waals surface area (Å²) in [5.74, 6) is 0.383. The molecule has 0 unspecified atom stereocenters. The molecule has 27 heavy (non-hydrogen) atoms. The first-order valence-electron chi connectivity index (χ1n) is 9.52. The first kappa shape index (κ1) is 19.5. The average Bonchev–Trinajstić information content (AvgIpc) is 3.15. The summed E-state index contributed by atoms with van der Waals surface area (Å²) in [4.78, 5) is 31.2. The maximum absolute atomic E-state index is 12.8. The van der Waals surface area contributed by atoms with Gasteiger partial charge in [0.1, 0.15) is 0 Å². The van der Waals surface area contributed by atoms with Gasteiger partial charge in [-0.05, 0) is 31.9 Å².